The Bertz CT molecular complexity index is 348. The predicted octanol–water partition coefficient (Wildman–Crippen LogP) is 2.17. The zero-order valence-electron chi connectivity index (χ0n) is 10.5. The third-order valence-corrected chi connectivity index (χ3v) is 2.85. The van der Waals surface area contributed by atoms with E-state index in [0.717, 1.165) is 11.3 Å². The largest absolute Gasteiger partial charge is 0.496 e. The van der Waals surface area contributed by atoms with E-state index >= 15 is 0 Å². The maximum atomic E-state index is 6.04. The lowest BCUT2D eigenvalue weighted by atomic mass is 9.96. The van der Waals surface area contributed by atoms with E-state index in [9.17, 15) is 0 Å². The summed E-state index contributed by atoms with van der Waals surface area (Å²) in [6, 6.07) is 5.88. The van der Waals surface area contributed by atoms with E-state index in [4.69, 9.17) is 16.2 Å². The molecule has 3 heteroatoms. The molecule has 0 aliphatic rings. The summed E-state index contributed by atoms with van der Waals surface area (Å²) in [7, 11) is 1.66. The van der Waals surface area contributed by atoms with Crippen LogP contribution in [0.25, 0.3) is 0 Å². The first kappa shape index (κ1) is 13.0. The maximum absolute atomic E-state index is 6.04. The number of ether oxygens (including phenoxy) is 1. The van der Waals surface area contributed by atoms with Gasteiger partial charge in [-0.15, -0.1) is 0 Å². The summed E-state index contributed by atoms with van der Waals surface area (Å²) in [6.45, 7) is 6.21. The Labute approximate surface area is 97.8 Å². The molecule has 3 nitrogen and oxygen atoms in total. The second-order valence-electron chi connectivity index (χ2n) is 4.54. The number of methoxy groups -OCH3 is 1. The summed E-state index contributed by atoms with van der Waals surface area (Å²) < 4.78 is 5.37. The minimum absolute atomic E-state index is 0.0844. The van der Waals surface area contributed by atoms with Crippen molar-refractivity contribution in [3.63, 3.8) is 0 Å². The molecule has 2 unspecified atom stereocenters. The van der Waals surface area contributed by atoms with E-state index < -0.39 is 0 Å². The number of hydrogen-bond acceptors (Lipinski definition) is 3. The maximum Gasteiger partial charge on any atom is 0.123 e. The third kappa shape index (κ3) is 2.74. The van der Waals surface area contributed by atoms with Gasteiger partial charge in [0.2, 0.25) is 0 Å². The first-order valence-corrected chi connectivity index (χ1v) is 5.66. The molecule has 0 heterocycles. The minimum atomic E-state index is -0.184. The SMILES string of the molecule is COc1cc(C(C)C)ccc1C(N)C(C)N. The summed E-state index contributed by atoms with van der Waals surface area (Å²) in [5.74, 6) is 1.31. The minimum Gasteiger partial charge on any atom is -0.496 e. The van der Waals surface area contributed by atoms with Crippen molar-refractivity contribution in [3.8, 4) is 5.75 Å². The summed E-state index contributed by atoms with van der Waals surface area (Å²) in [6.07, 6.45) is 0. The number of benzene rings is 1. The zero-order chi connectivity index (χ0) is 12.3. The Hall–Kier alpha value is -1.06. The van der Waals surface area contributed by atoms with E-state index in [1.54, 1.807) is 7.11 Å². The highest BCUT2D eigenvalue weighted by Gasteiger charge is 2.16. The Morgan fingerprint density at radius 2 is 1.75 bits per heavy atom. The molecule has 90 valence electrons. The fourth-order valence-electron chi connectivity index (χ4n) is 1.65. The van der Waals surface area contributed by atoms with Crippen LogP contribution >= 0.6 is 0 Å². The lowest BCUT2D eigenvalue weighted by molar-refractivity contribution is 0.401. The highest BCUT2D eigenvalue weighted by Crippen LogP contribution is 2.29. The molecule has 0 bridgehead atoms. The predicted molar refractivity (Wildman–Crippen MR) is 67.7 cm³/mol. The van der Waals surface area contributed by atoms with E-state index in [1.165, 1.54) is 5.56 Å². The van der Waals surface area contributed by atoms with Crippen molar-refractivity contribution >= 4 is 0 Å². The quantitative estimate of drug-likeness (QED) is 0.820. The van der Waals surface area contributed by atoms with Crippen molar-refractivity contribution in [2.75, 3.05) is 7.11 Å². The summed E-state index contributed by atoms with van der Waals surface area (Å²) in [4.78, 5) is 0. The van der Waals surface area contributed by atoms with Crippen molar-refractivity contribution < 1.29 is 4.74 Å². The van der Waals surface area contributed by atoms with E-state index in [1.807, 2.05) is 19.1 Å². The molecular weight excluding hydrogens is 200 g/mol. The van der Waals surface area contributed by atoms with Gasteiger partial charge in [0, 0.05) is 17.6 Å². The first-order valence-electron chi connectivity index (χ1n) is 5.66. The smallest absolute Gasteiger partial charge is 0.123 e. The number of hydrogen-bond donors (Lipinski definition) is 2. The summed E-state index contributed by atoms with van der Waals surface area (Å²) in [5.41, 5.74) is 14.1. The van der Waals surface area contributed by atoms with Crippen LogP contribution in [0.3, 0.4) is 0 Å². The molecule has 0 saturated carbocycles. The lowest BCUT2D eigenvalue weighted by Crippen LogP contribution is -2.31. The van der Waals surface area contributed by atoms with Crippen LogP contribution in [-0.4, -0.2) is 13.2 Å². The molecule has 1 rings (SSSR count). The number of rotatable bonds is 4. The normalized spacial score (nSPS) is 14.9. The molecule has 0 amide bonds. The molecule has 4 N–H and O–H groups in total. The summed E-state index contributed by atoms with van der Waals surface area (Å²) in [5, 5.41) is 0. The topological polar surface area (TPSA) is 61.3 Å². The van der Waals surface area contributed by atoms with Crippen molar-refractivity contribution in [2.45, 2.75) is 38.8 Å². The van der Waals surface area contributed by atoms with Gasteiger partial charge < -0.3 is 16.2 Å². The Balaban J connectivity index is 3.11. The van der Waals surface area contributed by atoms with Gasteiger partial charge >= 0.3 is 0 Å². The van der Waals surface area contributed by atoms with Gasteiger partial charge in [-0.25, -0.2) is 0 Å². The summed E-state index contributed by atoms with van der Waals surface area (Å²) >= 11 is 0. The fraction of sp³-hybridized carbons (Fsp3) is 0.538. The molecule has 1 aromatic carbocycles. The molecular formula is C13H22N2O. The number of nitrogens with two attached hydrogens (primary N) is 2. The van der Waals surface area contributed by atoms with Crippen LogP contribution in [0.15, 0.2) is 18.2 Å². The van der Waals surface area contributed by atoms with Crippen molar-refractivity contribution in [1.82, 2.24) is 0 Å². The average Bonchev–Trinajstić information content (AvgIpc) is 2.26. The average molecular weight is 222 g/mol. The van der Waals surface area contributed by atoms with Crippen molar-refractivity contribution in [2.24, 2.45) is 11.5 Å². The van der Waals surface area contributed by atoms with Gasteiger partial charge in [-0.2, -0.15) is 0 Å². The first-order chi connectivity index (χ1) is 7.47. The van der Waals surface area contributed by atoms with Crippen LogP contribution in [0.1, 0.15) is 43.9 Å². The van der Waals surface area contributed by atoms with Gasteiger partial charge in [0.05, 0.1) is 7.11 Å². The molecule has 0 radical (unpaired) electrons. The molecule has 1 aromatic rings. The molecule has 0 saturated heterocycles. The van der Waals surface area contributed by atoms with Gasteiger partial charge in [0.1, 0.15) is 5.75 Å². The van der Waals surface area contributed by atoms with Crippen LogP contribution in [0, 0.1) is 0 Å². The third-order valence-electron chi connectivity index (χ3n) is 2.85. The highest BCUT2D eigenvalue weighted by atomic mass is 16.5. The van der Waals surface area contributed by atoms with E-state index in [2.05, 4.69) is 19.9 Å². The van der Waals surface area contributed by atoms with Gasteiger partial charge in [0.15, 0.2) is 0 Å². The van der Waals surface area contributed by atoms with Gasteiger partial charge in [-0.1, -0.05) is 26.0 Å². The second-order valence-corrected chi connectivity index (χ2v) is 4.54. The van der Waals surface area contributed by atoms with E-state index in [-0.39, 0.29) is 12.1 Å². The Kier molecular flexibility index (Phi) is 4.33. The molecule has 2 atom stereocenters. The van der Waals surface area contributed by atoms with Gasteiger partial charge in [-0.05, 0) is 24.5 Å². The fourth-order valence-corrected chi connectivity index (χ4v) is 1.65. The molecule has 0 aliphatic carbocycles. The van der Waals surface area contributed by atoms with E-state index in [0.29, 0.717) is 5.92 Å². The molecule has 0 aromatic heterocycles. The molecule has 0 spiro atoms. The Morgan fingerprint density at radius 3 is 2.19 bits per heavy atom. The van der Waals surface area contributed by atoms with Gasteiger partial charge in [-0.3, -0.25) is 0 Å². The van der Waals surface area contributed by atoms with Crippen LogP contribution in [-0.2, 0) is 0 Å². The van der Waals surface area contributed by atoms with Gasteiger partial charge in [0.25, 0.3) is 0 Å². The lowest BCUT2D eigenvalue weighted by Gasteiger charge is -2.20. The van der Waals surface area contributed by atoms with Crippen LogP contribution < -0.4 is 16.2 Å². The van der Waals surface area contributed by atoms with Crippen LogP contribution in [0.2, 0.25) is 0 Å². The zero-order valence-corrected chi connectivity index (χ0v) is 10.5. The molecule has 0 fully saturated rings. The van der Waals surface area contributed by atoms with Crippen LogP contribution in [0.5, 0.6) is 5.75 Å². The molecule has 0 aliphatic heterocycles. The van der Waals surface area contributed by atoms with Crippen LogP contribution in [0.4, 0.5) is 0 Å². The molecule has 16 heavy (non-hydrogen) atoms. The highest BCUT2D eigenvalue weighted by molar-refractivity contribution is 5.41. The Morgan fingerprint density at radius 1 is 1.12 bits per heavy atom. The second kappa shape index (κ2) is 5.32. The van der Waals surface area contributed by atoms with Crippen molar-refractivity contribution in [3.05, 3.63) is 29.3 Å². The van der Waals surface area contributed by atoms with Crippen molar-refractivity contribution in [1.29, 1.82) is 0 Å². The monoisotopic (exact) mass is 222 g/mol. The standard InChI is InChI=1S/C13H22N2O/c1-8(2)10-5-6-11(12(7-10)16-4)13(15)9(3)14/h5-9,13H,14-15H2,1-4H3.